The van der Waals surface area contributed by atoms with Crippen LogP contribution in [-0.2, 0) is 10.8 Å². The van der Waals surface area contributed by atoms with Crippen molar-refractivity contribution in [3.63, 3.8) is 0 Å². The van der Waals surface area contributed by atoms with Crippen molar-refractivity contribution in [3.05, 3.63) is 237 Å². The summed E-state index contributed by atoms with van der Waals surface area (Å²) >= 11 is 7.67. The van der Waals surface area contributed by atoms with E-state index in [0.29, 0.717) is 0 Å². The topological polar surface area (TPSA) is 6.48 Å². The largest absolute Gasteiger partial charge is 0.310 e. The van der Waals surface area contributed by atoms with Gasteiger partial charge in [-0.3, -0.25) is 0 Å². The first-order valence-corrected chi connectivity index (χ1v) is 38.1. The van der Waals surface area contributed by atoms with Gasteiger partial charge in [0.2, 0.25) is 0 Å². The van der Waals surface area contributed by atoms with Gasteiger partial charge in [-0.05, 0) is 185 Å². The number of fused-ring (bicyclic) bond motifs is 6. The molecule has 480 valence electrons. The fourth-order valence-corrected chi connectivity index (χ4v) is 16.7. The molecule has 2 nitrogen and oxygen atoms in total. The normalized spacial score (nSPS) is 14.1. The van der Waals surface area contributed by atoms with E-state index in [2.05, 4.69) is 263 Å². The number of hydrogen-bond acceptors (Lipinski definition) is 2. The minimum Gasteiger partial charge on any atom is -0.310 e. The predicted molar refractivity (Wildman–Crippen MR) is 407 cm³/mol. The highest BCUT2D eigenvalue weighted by molar-refractivity contribution is 9.10. The molecule has 0 amide bonds. The van der Waals surface area contributed by atoms with Gasteiger partial charge in [0.05, 0.1) is 5.69 Å². The molecule has 0 saturated heterocycles. The van der Waals surface area contributed by atoms with Crippen LogP contribution in [0.15, 0.2) is 209 Å². The second-order valence-corrected chi connectivity index (χ2v) is 29.1. The van der Waals surface area contributed by atoms with Crippen molar-refractivity contribution in [1.29, 1.82) is 0 Å². The highest BCUT2D eigenvalue weighted by atomic mass is 79.9. The molecule has 0 saturated carbocycles. The molecule has 11 rings (SSSR count). The Morgan fingerprint density at radius 1 is 0.304 bits per heavy atom. The van der Waals surface area contributed by atoms with Crippen LogP contribution in [-0.4, -0.2) is 0 Å². The number of hydrogen-bond donors (Lipinski definition) is 0. The van der Waals surface area contributed by atoms with Crippen LogP contribution in [0.3, 0.4) is 0 Å². The van der Waals surface area contributed by atoms with E-state index in [-0.39, 0.29) is 10.8 Å². The van der Waals surface area contributed by atoms with E-state index in [1.54, 1.807) is 22.3 Å². The van der Waals surface area contributed by atoms with Gasteiger partial charge >= 0.3 is 0 Å². The Labute approximate surface area is 572 Å². The molecule has 8 aromatic carbocycles. The zero-order valence-electron chi connectivity index (χ0n) is 56.3. The standard InChI is InChI=1S/C88H104Br2N2/c1-5-9-13-17-21-35-59-87(60-36-22-18-14-10-6-2)81-63-73(91(71-51-47-69(89)48-52-71)85-45-33-31-43-75(85)67-39-27-25-28-40-67)55-57-77(81)79-66-84-80(65-83(79)87)78-58-56-74(64-82(78)88(84,61-37-23-19-15-11-7-3)62-38-24-20-16-12-8-4)92(72-53-49-70(90)50-54-72)86-46-34-32-44-76(86)68-41-29-26-30-42-68/h25-31,33,39-58,63-66H,5-24,32,34-38,59-62H2,1-4H3. The van der Waals surface area contributed by atoms with Gasteiger partial charge in [0.25, 0.3) is 0 Å². The highest BCUT2D eigenvalue weighted by Gasteiger charge is 2.48. The fraction of sp³-hybridized carbons (Fsp3) is 0.409. The maximum atomic E-state index is 3.84. The highest BCUT2D eigenvalue weighted by Crippen LogP contribution is 2.62. The van der Waals surface area contributed by atoms with E-state index >= 15 is 0 Å². The number of allylic oxidation sites excluding steroid dienone is 3. The number of nitrogens with zero attached hydrogens (tertiary/aromatic N) is 2. The summed E-state index contributed by atoms with van der Waals surface area (Å²) in [6, 6.07) is 70.8. The Hall–Kier alpha value is -6.20. The lowest BCUT2D eigenvalue weighted by molar-refractivity contribution is 0.394. The molecule has 0 spiro atoms. The van der Waals surface area contributed by atoms with Gasteiger partial charge < -0.3 is 9.80 Å². The molecule has 0 bridgehead atoms. The summed E-state index contributed by atoms with van der Waals surface area (Å²) in [6.07, 6.45) is 42.7. The second kappa shape index (κ2) is 33.3. The third kappa shape index (κ3) is 15.3. The Kier molecular flexibility index (Phi) is 24.3. The van der Waals surface area contributed by atoms with Crippen LogP contribution in [0.2, 0.25) is 0 Å². The Morgan fingerprint density at radius 2 is 0.663 bits per heavy atom. The molecule has 4 heteroatoms. The first-order chi connectivity index (χ1) is 45.3. The van der Waals surface area contributed by atoms with Gasteiger partial charge in [-0.1, -0.05) is 317 Å². The molecule has 0 unspecified atom stereocenters. The number of rotatable bonds is 36. The summed E-state index contributed by atoms with van der Waals surface area (Å²) in [4.78, 5) is 5.18. The average Bonchev–Trinajstić information content (AvgIpc) is 1.53. The van der Waals surface area contributed by atoms with E-state index in [1.807, 2.05) is 0 Å². The van der Waals surface area contributed by atoms with E-state index in [4.69, 9.17) is 0 Å². The zero-order chi connectivity index (χ0) is 63.5. The van der Waals surface area contributed by atoms with E-state index in [1.165, 1.54) is 246 Å². The summed E-state index contributed by atoms with van der Waals surface area (Å²) in [5.74, 6) is 0. The first-order valence-electron chi connectivity index (χ1n) is 36.5. The second-order valence-electron chi connectivity index (χ2n) is 27.3. The van der Waals surface area contributed by atoms with Crippen LogP contribution in [0.1, 0.15) is 248 Å². The molecule has 92 heavy (non-hydrogen) atoms. The number of halogens is 2. The van der Waals surface area contributed by atoms with Crippen LogP contribution >= 0.6 is 31.9 Å². The molecule has 0 heterocycles. The predicted octanol–water partition coefficient (Wildman–Crippen LogP) is 28.8. The van der Waals surface area contributed by atoms with Crippen molar-refractivity contribution in [2.75, 3.05) is 9.80 Å². The first kappa shape index (κ1) is 67.2. The van der Waals surface area contributed by atoms with Gasteiger partial charge in [0.15, 0.2) is 0 Å². The number of para-hydroxylation sites is 1. The van der Waals surface area contributed by atoms with Crippen molar-refractivity contribution in [2.24, 2.45) is 0 Å². The lowest BCUT2D eigenvalue weighted by atomic mass is 9.68. The summed E-state index contributed by atoms with van der Waals surface area (Å²) in [6.45, 7) is 9.43. The van der Waals surface area contributed by atoms with E-state index in [0.717, 1.165) is 34.6 Å². The van der Waals surface area contributed by atoms with E-state index in [9.17, 15) is 0 Å². The maximum absolute atomic E-state index is 3.84. The van der Waals surface area contributed by atoms with Gasteiger partial charge in [0.1, 0.15) is 0 Å². The lowest BCUT2D eigenvalue weighted by Crippen LogP contribution is -2.27. The smallest absolute Gasteiger partial charge is 0.0540 e. The molecule has 3 aliphatic carbocycles. The summed E-state index contributed by atoms with van der Waals surface area (Å²) in [5.41, 5.74) is 24.4. The Bertz CT molecular complexity index is 3650. The van der Waals surface area contributed by atoms with Gasteiger partial charge in [-0.15, -0.1) is 0 Å². The zero-order valence-corrected chi connectivity index (χ0v) is 59.5. The van der Waals surface area contributed by atoms with Gasteiger partial charge in [0, 0.05) is 59.4 Å². The van der Waals surface area contributed by atoms with Gasteiger partial charge in [-0.25, -0.2) is 0 Å². The van der Waals surface area contributed by atoms with E-state index < -0.39 is 0 Å². The molecule has 0 aromatic heterocycles. The fourth-order valence-electron chi connectivity index (χ4n) is 16.2. The monoisotopic (exact) mass is 1350 g/mol. The SMILES string of the molecule is CCCCCCCCC1(CCCCCCCC)c2cc(N(C3=CCCC=C3c3ccccc3)c3ccc(Br)cc3)ccc2-c2cc3c(cc21)-c1ccc(N(c2ccc(Br)cc2)c2ccccc2-c2ccccc2)cc1C3(CCCCCCCC)CCCCCCCC. The lowest BCUT2D eigenvalue weighted by Gasteiger charge is -2.36. The number of unbranched alkanes of at least 4 members (excludes halogenated alkanes) is 20. The molecule has 8 aromatic rings. The van der Waals surface area contributed by atoms with Crippen molar-refractivity contribution in [3.8, 4) is 33.4 Å². The quantitative estimate of drug-likeness (QED) is 0.0361. The number of anilines is 5. The Morgan fingerprint density at radius 3 is 1.12 bits per heavy atom. The summed E-state index contributed by atoms with van der Waals surface area (Å²) in [5, 5.41) is 0. The van der Waals surface area contributed by atoms with Crippen LogP contribution in [0, 0.1) is 0 Å². The maximum Gasteiger partial charge on any atom is 0.0540 e. The molecule has 0 N–H and O–H groups in total. The third-order valence-electron chi connectivity index (χ3n) is 21.0. The third-order valence-corrected chi connectivity index (χ3v) is 22.1. The van der Waals surface area contributed by atoms with Gasteiger partial charge in [-0.2, -0.15) is 0 Å². The van der Waals surface area contributed by atoms with Crippen LogP contribution in [0.4, 0.5) is 28.4 Å². The van der Waals surface area contributed by atoms with Crippen LogP contribution in [0.5, 0.6) is 0 Å². The molecule has 0 fully saturated rings. The van der Waals surface area contributed by atoms with Crippen molar-refractivity contribution in [2.45, 2.75) is 231 Å². The van der Waals surface area contributed by atoms with Crippen LogP contribution in [0.25, 0.3) is 39.0 Å². The summed E-state index contributed by atoms with van der Waals surface area (Å²) < 4.78 is 2.19. The number of benzene rings is 8. The molecule has 0 atom stereocenters. The minimum atomic E-state index is -0.147. The summed E-state index contributed by atoms with van der Waals surface area (Å²) in [7, 11) is 0. The molecule has 0 aliphatic heterocycles. The van der Waals surface area contributed by atoms with Crippen molar-refractivity contribution < 1.29 is 0 Å². The molecule has 3 aliphatic rings. The van der Waals surface area contributed by atoms with Crippen molar-refractivity contribution >= 4 is 65.9 Å². The van der Waals surface area contributed by atoms with Crippen LogP contribution < -0.4 is 9.80 Å². The average molecular weight is 1350 g/mol. The van der Waals surface area contributed by atoms with Crippen molar-refractivity contribution in [1.82, 2.24) is 0 Å². The minimum absolute atomic E-state index is 0.140. The molecular formula is C88H104Br2N2. The molecule has 0 radical (unpaired) electrons. The molecular weight excluding hydrogens is 1240 g/mol. The Balaban J connectivity index is 1.13.